The lowest BCUT2D eigenvalue weighted by Crippen LogP contribution is -2.34. The summed E-state index contributed by atoms with van der Waals surface area (Å²) in [6.07, 6.45) is 3.94. The standard InChI is InChI=1S/C17H26FNO/c1-11(2)15-7-4-12(3)8-17(15)20-10-13-5-6-14(18)9-16(13)19/h5-6,9,11-12,15,17H,4,7-8,10,19H2,1-3H3. The average Bonchev–Trinajstić information content (AvgIpc) is 2.37. The predicted octanol–water partition coefficient (Wildman–Crippen LogP) is 4.39. The fourth-order valence-corrected chi connectivity index (χ4v) is 3.20. The molecule has 2 N–H and O–H groups in total. The molecule has 0 aromatic heterocycles. The van der Waals surface area contributed by atoms with Gasteiger partial charge in [-0.15, -0.1) is 0 Å². The van der Waals surface area contributed by atoms with Crippen molar-refractivity contribution in [1.82, 2.24) is 0 Å². The van der Waals surface area contributed by atoms with Crippen LogP contribution in [0, 0.1) is 23.6 Å². The van der Waals surface area contributed by atoms with Crippen LogP contribution in [0.3, 0.4) is 0 Å². The molecule has 3 unspecified atom stereocenters. The molecular formula is C17H26FNO. The van der Waals surface area contributed by atoms with Crippen LogP contribution in [-0.2, 0) is 11.3 Å². The Bertz CT molecular complexity index is 447. The number of rotatable bonds is 4. The summed E-state index contributed by atoms with van der Waals surface area (Å²) in [5.41, 5.74) is 7.20. The molecule has 1 aliphatic carbocycles. The molecule has 1 aromatic rings. The van der Waals surface area contributed by atoms with Crippen LogP contribution in [-0.4, -0.2) is 6.10 Å². The topological polar surface area (TPSA) is 35.2 Å². The first-order chi connectivity index (χ1) is 9.47. The van der Waals surface area contributed by atoms with Gasteiger partial charge in [0.25, 0.3) is 0 Å². The van der Waals surface area contributed by atoms with Crippen molar-refractivity contribution in [2.24, 2.45) is 17.8 Å². The van der Waals surface area contributed by atoms with Gasteiger partial charge in [-0.3, -0.25) is 0 Å². The van der Waals surface area contributed by atoms with Gasteiger partial charge in [-0.05, 0) is 42.7 Å². The Kier molecular flexibility index (Phi) is 5.03. The van der Waals surface area contributed by atoms with E-state index in [1.165, 1.54) is 25.0 Å². The van der Waals surface area contributed by atoms with Crippen molar-refractivity contribution >= 4 is 5.69 Å². The van der Waals surface area contributed by atoms with Gasteiger partial charge in [0.15, 0.2) is 0 Å². The van der Waals surface area contributed by atoms with Crippen LogP contribution in [0.4, 0.5) is 10.1 Å². The van der Waals surface area contributed by atoms with Crippen molar-refractivity contribution in [3.8, 4) is 0 Å². The molecule has 0 aliphatic heterocycles. The van der Waals surface area contributed by atoms with Gasteiger partial charge < -0.3 is 10.5 Å². The van der Waals surface area contributed by atoms with E-state index in [0.29, 0.717) is 30.2 Å². The molecular weight excluding hydrogens is 253 g/mol. The minimum absolute atomic E-state index is 0.294. The molecule has 0 spiro atoms. The van der Waals surface area contributed by atoms with E-state index in [-0.39, 0.29) is 5.82 Å². The molecule has 1 fully saturated rings. The van der Waals surface area contributed by atoms with Gasteiger partial charge in [-0.2, -0.15) is 0 Å². The van der Waals surface area contributed by atoms with Crippen LogP contribution in [0.15, 0.2) is 18.2 Å². The lowest BCUT2D eigenvalue weighted by atomic mass is 9.75. The lowest BCUT2D eigenvalue weighted by molar-refractivity contribution is -0.0470. The molecule has 0 amide bonds. The number of benzene rings is 1. The zero-order valence-corrected chi connectivity index (χ0v) is 12.7. The van der Waals surface area contributed by atoms with Crippen LogP contribution in [0.25, 0.3) is 0 Å². The van der Waals surface area contributed by atoms with Crippen LogP contribution in [0.2, 0.25) is 0 Å². The van der Waals surface area contributed by atoms with Gasteiger partial charge in [0.2, 0.25) is 0 Å². The number of nitrogens with two attached hydrogens (primary N) is 1. The molecule has 3 heteroatoms. The predicted molar refractivity (Wildman–Crippen MR) is 80.7 cm³/mol. The Hall–Kier alpha value is -1.09. The van der Waals surface area contributed by atoms with Crippen molar-refractivity contribution in [1.29, 1.82) is 0 Å². The second kappa shape index (κ2) is 6.57. The summed E-state index contributed by atoms with van der Waals surface area (Å²) in [7, 11) is 0. The number of anilines is 1. The van der Waals surface area contributed by atoms with Crippen molar-refractivity contribution in [2.75, 3.05) is 5.73 Å². The number of halogens is 1. The lowest BCUT2D eigenvalue weighted by Gasteiger charge is -2.37. The highest BCUT2D eigenvalue weighted by Gasteiger charge is 2.31. The highest BCUT2D eigenvalue weighted by Crippen LogP contribution is 2.35. The van der Waals surface area contributed by atoms with E-state index in [1.807, 2.05) is 0 Å². The summed E-state index contributed by atoms with van der Waals surface area (Å²) < 4.78 is 19.2. The minimum Gasteiger partial charge on any atom is -0.398 e. The molecule has 1 aromatic carbocycles. The Morgan fingerprint density at radius 1 is 1.35 bits per heavy atom. The number of ether oxygens (including phenoxy) is 1. The first-order valence-electron chi connectivity index (χ1n) is 7.63. The quantitative estimate of drug-likeness (QED) is 0.830. The number of hydrogen-bond donors (Lipinski definition) is 1. The van der Waals surface area contributed by atoms with Gasteiger partial charge in [0.05, 0.1) is 12.7 Å². The first-order valence-corrected chi connectivity index (χ1v) is 7.63. The first kappa shape index (κ1) is 15.3. The molecule has 1 aliphatic rings. The largest absolute Gasteiger partial charge is 0.398 e. The molecule has 1 saturated carbocycles. The van der Waals surface area contributed by atoms with Crippen molar-refractivity contribution in [3.05, 3.63) is 29.6 Å². The molecule has 20 heavy (non-hydrogen) atoms. The molecule has 112 valence electrons. The summed E-state index contributed by atoms with van der Waals surface area (Å²) in [5.74, 6) is 1.68. The Morgan fingerprint density at radius 2 is 2.10 bits per heavy atom. The van der Waals surface area contributed by atoms with Gasteiger partial charge in [0.1, 0.15) is 5.82 Å². The maximum Gasteiger partial charge on any atom is 0.125 e. The van der Waals surface area contributed by atoms with Crippen molar-refractivity contribution < 1.29 is 9.13 Å². The van der Waals surface area contributed by atoms with Crippen LogP contribution >= 0.6 is 0 Å². The Morgan fingerprint density at radius 3 is 2.75 bits per heavy atom. The minimum atomic E-state index is -0.294. The maximum atomic E-state index is 13.0. The van der Waals surface area contributed by atoms with E-state index in [2.05, 4.69) is 20.8 Å². The van der Waals surface area contributed by atoms with Gasteiger partial charge in [0, 0.05) is 11.3 Å². The van der Waals surface area contributed by atoms with Crippen LogP contribution < -0.4 is 5.73 Å². The summed E-state index contributed by atoms with van der Waals surface area (Å²) in [6.45, 7) is 7.30. The van der Waals surface area contributed by atoms with Crippen molar-refractivity contribution in [2.45, 2.75) is 52.7 Å². The zero-order chi connectivity index (χ0) is 14.7. The zero-order valence-electron chi connectivity index (χ0n) is 12.7. The van der Waals surface area contributed by atoms with Crippen LogP contribution in [0.1, 0.15) is 45.6 Å². The highest BCUT2D eigenvalue weighted by atomic mass is 19.1. The summed E-state index contributed by atoms with van der Waals surface area (Å²) in [5, 5.41) is 0. The molecule has 0 heterocycles. The summed E-state index contributed by atoms with van der Waals surface area (Å²) in [4.78, 5) is 0. The third-order valence-electron chi connectivity index (χ3n) is 4.52. The fourth-order valence-electron chi connectivity index (χ4n) is 3.20. The average molecular weight is 279 g/mol. The molecule has 3 atom stereocenters. The molecule has 0 bridgehead atoms. The van der Waals surface area contributed by atoms with Crippen molar-refractivity contribution in [3.63, 3.8) is 0 Å². The van der Waals surface area contributed by atoms with E-state index in [0.717, 1.165) is 17.9 Å². The number of nitrogen functional groups attached to an aromatic ring is 1. The molecule has 2 nitrogen and oxygen atoms in total. The normalized spacial score (nSPS) is 26.9. The van der Waals surface area contributed by atoms with Crippen LogP contribution in [0.5, 0.6) is 0 Å². The van der Waals surface area contributed by atoms with E-state index in [9.17, 15) is 4.39 Å². The molecule has 0 saturated heterocycles. The van der Waals surface area contributed by atoms with E-state index in [4.69, 9.17) is 10.5 Å². The maximum absolute atomic E-state index is 13.0. The Balaban J connectivity index is 2.00. The molecule has 0 radical (unpaired) electrons. The Labute approximate surface area is 121 Å². The molecule has 2 rings (SSSR count). The van der Waals surface area contributed by atoms with Gasteiger partial charge in [-0.1, -0.05) is 33.3 Å². The summed E-state index contributed by atoms with van der Waals surface area (Å²) in [6, 6.07) is 4.53. The third kappa shape index (κ3) is 3.72. The van der Waals surface area contributed by atoms with E-state index < -0.39 is 0 Å². The third-order valence-corrected chi connectivity index (χ3v) is 4.52. The SMILES string of the molecule is CC1CCC(C(C)C)C(OCc2ccc(F)cc2N)C1. The smallest absolute Gasteiger partial charge is 0.125 e. The van der Waals surface area contributed by atoms with Gasteiger partial charge >= 0.3 is 0 Å². The fraction of sp³-hybridized carbons (Fsp3) is 0.647. The highest BCUT2D eigenvalue weighted by molar-refractivity contribution is 5.46. The second-order valence-corrected chi connectivity index (χ2v) is 6.52. The van der Waals surface area contributed by atoms with E-state index in [1.54, 1.807) is 6.07 Å². The van der Waals surface area contributed by atoms with E-state index >= 15 is 0 Å². The van der Waals surface area contributed by atoms with Gasteiger partial charge in [-0.25, -0.2) is 4.39 Å². The monoisotopic (exact) mass is 279 g/mol. The summed E-state index contributed by atoms with van der Waals surface area (Å²) >= 11 is 0. The number of hydrogen-bond acceptors (Lipinski definition) is 2. The second-order valence-electron chi connectivity index (χ2n) is 6.52.